The van der Waals surface area contributed by atoms with Crippen molar-refractivity contribution in [2.45, 2.75) is 19.4 Å². The van der Waals surface area contributed by atoms with Crippen LogP contribution >= 0.6 is 11.3 Å². The van der Waals surface area contributed by atoms with Crippen LogP contribution in [0.4, 0.5) is 10.7 Å². The maximum atomic E-state index is 11.6. The summed E-state index contributed by atoms with van der Waals surface area (Å²) in [6, 6.07) is 0. The Kier molecular flexibility index (Phi) is 4.15. The molecule has 2 amide bonds. The first-order chi connectivity index (χ1) is 9.45. The Balaban J connectivity index is 2.42. The zero-order valence-corrected chi connectivity index (χ0v) is 12.0. The predicted molar refractivity (Wildman–Crippen MR) is 78.0 cm³/mol. The molecule has 7 nitrogen and oxygen atoms in total. The number of nitrogens with zero attached hydrogens (tertiary/aromatic N) is 1. The van der Waals surface area contributed by atoms with Gasteiger partial charge in [-0.1, -0.05) is 6.92 Å². The summed E-state index contributed by atoms with van der Waals surface area (Å²) in [5.74, 6) is -1.30. The third-order valence-electron chi connectivity index (χ3n) is 3.28. The second kappa shape index (κ2) is 5.68. The Morgan fingerprint density at radius 1 is 1.40 bits per heavy atom. The molecule has 0 saturated carbocycles. The summed E-state index contributed by atoms with van der Waals surface area (Å²) in [5.41, 5.74) is 16.7. The second-order valence-corrected chi connectivity index (χ2v) is 5.60. The molecule has 2 rings (SSSR count). The predicted octanol–water partition coefficient (Wildman–Crippen LogP) is 0.143. The van der Waals surface area contributed by atoms with Gasteiger partial charge in [0.15, 0.2) is 0 Å². The van der Waals surface area contributed by atoms with Crippen LogP contribution < -0.4 is 22.1 Å². The van der Waals surface area contributed by atoms with E-state index in [0.717, 1.165) is 17.8 Å². The molecule has 0 radical (unpaired) electrons. The average molecular weight is 298 g/mol. The largest absolute Gasteiger partial charge is 0.397 e. The summed E-state index contributed by atoms with van der Waals surface area (Å²) in [7, 11) is 0. The van der Waals surface area contributed by atoms with Crippen molar-refractivity contribution in [2.75, 3.05) is 30.3 Å². The van der Waals surface area contributed by atoms with E-state index in [1.807, 2.05) is 11.8 Å². The Labute approximate surface area is 120 Å². The third kappa shape index (κ3) is 2.56. The fraction of sp³-hybridized carbons (Fsp3) is 0.500. The number of nitrogens with two attached hydrogens (primary N) is 3. The van der Waals surface area contributed by atoms with E-state index >= 15 is 0 Å². The van der Waals surface area contributed by atoms with E-state index in [4.69, 9.17) is 21.9 Å². The number of anilines is 2. The van der Waals surface area contributed by atoms with Crippen LogP contribution in [0, 0.1) is 0 Å². The normalized spacial score (nSPS) is 19.1. The van der Waals surface area contributed by atoms with Crippen molar-refractivity contribution in [3.05, 3.63) is 10.4 Å². The summed E-state index contributed by atoms with van der Waals surface area (Å²) < 4.78 is 5.59. The lowest BCUT2D eigenvalue weighted by molar-refractivity contribution is 0.0386. The van der Waals surface area contributed by atoms with Gasteiger partial charge in [-0.05, 0) is 6.42 Å². The highest BCUT2D eigenvalue weighted by atomic mass is 32.1. The van der Waals surface area contributed by atoms with Crippen molar-refractivity contribution in [3.8, 4) is 0 Å². The van der Waals surface area contributed by atoms with Gasteiger partial charge in [0.25, 0.3) is 11.8 Å². The number of morpholine rings is 1. The summed E-state index contributed by atoms with van der Waals surface area (Å²) in [5, 5.41) is 0.602. The first-order valence-corrected chi connectivity index (χ1v) is 7.15. The van der Waals surface area contributed by atoms with Gasteiger partial charge in [0.05, 0.1) is 24.0 Å². The number of carbonyl (C=O) groups is 2. The van der Waals surface area contributed by atoms with Crippen LogP contribution in [0.2, 0.25) is 0 Å². The summed E-state index contributed by atoms with van der Waals surface area (Å²) >= 11 is 1.11. The lowest BCUT2D eigenvalue weighted by Crippen LogP contribution is -2.42. The molecule has 6 N–H and O–H groups in total. The van der Waals surface area contributed by atoms with Crippen LogP contribution in [0.25, 0.3) is 0 Å². The highest BCUT2D eigenvalue weighted by Gasteiger charge is 2.29. The molecular formula is C12H18N4O3S. The first kappa shape index (κ1) is 14.6. The molecule has 1 aliphatic heterocycles. The number of amides is 2. The van der Waals surface area contributed by atoms with Crippen molar-refractivity contribution >= 4 is 33.8 Å². The van der Waals surface area contributed by atoms with Crippen molar-refractivity contribution < 1.29 is 14.3 Å². The molecule has 1 aromatic heterocycles. The maximum absolute atomic E-state index is 11.6. The van der Waals surface area contributed by atoms with Crippen LogP contribution in [-0.4, -0.2) is 37.6 Å². The number of ether oxygens (including phenoxy) is 1. The topological polar surface area (TPSA) is 125 Å². The van der Waals surface area contributed by atoms with Crippen LogP contribution in [0.15, 0.2) is 0 Å². The van der Waals surface area contributed by atoms with Crippen molar-refractivity contribution in [1.29, 1.82) is 0 Å². The highest BCUT2D eigenvalue weighted by Crippen LogP contribution is 2.38. The number of rotatable bonds is 4. The lowest BCUT2D eigenvalue weighted by atomic mass is 10.2. The molecule has 0 spiro atoms. The smallest absolute Gasteiger partial charge is 0.260 e. The molecule has 1 atom stereocenters. The van der Waals surface area contributed by atoms with Crippen LogP contribution in [-0.2, 0) is 4.74 Å². The molecule has 2 heterocycles. The van der Waals surface area contributed by atoms with Crippen molar-refractivity contribution in [2.24, 2.45) is 11.5 Å². The van der Waals surface area contributed by atoms with E-state index in [1.165, 1.54) is 0 Å². The fourth-order valence-corrected chi connectivity index (χ4v) is 3.34. The molecule has 110 valence electrons. The van der Waals surface area contributed by atoms with E-state index in [2.05, 4.69) is 0 Å². The van der Waals surface area contributed by atoms with Gasteiger partial charge in [-0.3, -0.25) is 9.59 Å². The van der Waals surface area contributed by atoms with Gasteiger partial charge >= 0.3 is 0 Å². The molecule has 1 saturated heterocycles. The quantitative estimate of drug-likeness (QED) is 0.729. The van der Waals surface area contributed by atoms with Gasteiger partial charge in [0.2, 0.25) is 0 Å². The summed E-state index contributed by atoms with van der Waals surface area (Å²) in [6.45, 7) is 3.84. The van der Waals surface area contributed by atoms with E-state index < -0.39 is 11.8 Å². The Hall–Kier alpha value is -1.80. The minimum atomic E-state index is -0.652. The van der Waals surface area contributed by atoms with Crippen LogP contribution in [0.3, 0.4) is 0 Å². The van der Waals surface area contributed by atoms with Crippen molar-refractivity contribution in [3.63, 3.8) is 0 Å². The second-order valence-electron chi connectivity index (χ2n) is 4.60. The Morgan fingerprint density at radius 2 is 2.10 bits per heavy atom. The molecule has 0 aliphatic carbocycles. The van der Waals surface area contributed by atoms with E-state index in [1.54, 1.807) is 0 Å². The minimum Gasteiger partial charge on any atom is -0.397 e. The average Bonchev–Trinajstić information content (AvgIpc) is 2.76. The summed E-state index contributed by atoms with van der Waals surface area (Å²) in [4.78, 5) is 25.1. The molecule has 1 fully saturated rings. The number of carbonyl (C=O) groups excluding carboxylic acids is 2. The van der Waals surface area contributed by atoms with E-state index in [9.17, 15) is 9.59 Å². The highest BCUT2D eigenvalue weighted by molar-refractivity contribution is 7.19. The molecule has 1 aliphatic rings. The minimum absolute atomic E-state index is 0.0736. The monoisotopic (exact) mass is 298 g/mol. The number of hydrogen-bond acceptors (Lipinski definition) is 6. The number of hydrogen-bond donors (Lipinski definition) is 3. The number of thiophene rings is 1. The zero-order chi connectivity index (χ0) is 14.9. The molecule has 1 aromatic rings. The molecule has 0 bridgehead atoms. The van der Waals surface area contributed by atoms with Crippen LogP contribution in [0.1, 0.15) is 33.4 Å². The van der Waals surface area contributed by atoms with Gasteiger partial charge in [0, 0.05) is 13.1 Å². The number of nitrogen functional groups attached to an aromatic ring is 1. The zero-order valence-electron chi connectivity index (χ0n) is 11.2. The van der Waals surface area contributed by atoms with Crippen molar-refractivity contribution in [1.82, 2.24) is 0 Å². The van der Waals surface area contributed by atoms with Gasteiger partial charge in [-0.15, -0.1) is 11.3 Å². The fourth-order valence-electron chi connectivity index (χ4n) is 2.23. The lowest BCUT2D eigenvalue weighted by Gasteiger charge is -2.33. The van der Waals surface area contributed by atoms with E-state index in [-0.39, 0.29) is 22.2 Å². The summed E-state index contributed by atoms with van der Waals surface area (Å²) in [6.07, 6.45) is 0.955. The Bertz CT molecular complexity index is 543. The standard InChI is InChI=1S/C12H18N4O3S/c1-2-6-5-16(3-4-19-6)12-7(10(14)17)8(13)9(20-12)11(15)18/h6H,2-5,13H2,1H3,(H2,14,17)(H2,15,18). The molecule has 1 unspecified atom stereocenters. The van der Waals surface area contributed by atoms with E-state index in [0.29, 0.717) is 24.7 Å². The molecule has 8 heteroatoms. The third-order valence-corrected chi connectivity index (χ3v) is 4.56. The van der Waals surface area contributed by atoms with Gasteiger partial charge in [-0.2, -0.15) is 0 Å². The Morgan fingerprint density at radius 3 is 2.65 bits per heavy atom. The maximum Gasteiger partial charge on any atom is 0.260 e. The molecular weight excluding hydrogens is 280 g/mol. The SMILES string of the molecule is CCC1CN(c2sc(C(N)=O)c(N)c2C(N)=O)CCO1. The van der Waals surface area contributed by atoms with Gasteiger partial charge in [0.1, 0.15) is 9.88 Å². The number of primary amides is 2. The molecule has 20 heavy (non-hydrogen) atoms. The van der Waals surface area contributed by atoms with Gasteiger partial charge < -0.3 is 26.8 Å². The first-order valence-electron chi connectivity index (χ1n) is 6.34. The van der Waals surface area contributed by atoms with Gasteiger partial charge in [-0.25, -0.2) is 0 Å². The molecule has 0 aromatic carbocycles. The van der Waals surface area contributed by atoms with Crippen LogP contribution in [0.5, 0.6) is 0 Å².